The van der Waals surface area contributed by atoms with Gasteiger partial charge in [-0.15, -0.1) is 0 Å². The number of aryl methyl sites for hydroxylation is 1. The molecule has 1 unspecified atom stereocenters. The van der Waals surface area contributed by atoms with Crippen LogP contribution < -0.4 is 0 Å². The Morgan fingerprint density at radius 1 is 1.38 bits per heavy atom. The largest absolute Gasteiger partial charge is 0.373 e. The molecule has 1 aromatic rings. The summed E-state index contributed by atoms with van der Waals surface area (Å²) in [6.45, 7) is 4.17. The lowest BCUT2D eigenvalue weighted by atomic mass is 10.2. The van der Waals surface area contributed by atoms with Gasteiger partial charge >= 0.3 is 0 Å². The molecule has 0 bridgehead atoms. The summed E-state index contributed by atoms with van der Waals surface area (Å²) >= 11 is 8.29. The summed E-state index contributed by atoms with van der Waals surface area (Å²) in [6, 6.07) is 0. The van der Waals surface area contributed by atoms with Gasteiger partial charge in [0.05, 0.1) is 9.26 Å². The minimum absolute atomic E-state index is 0.0647. The monoisotopic (exact) mass is 354 g/mol. The number of rotatable bonds is 5. The molecule has 1 atom stereocenters. The minimum Gasteiger partial charge on any atom is -0.373 e. The molecule has 0 fully saturated rings. The van der Waals surface area contributed by atoms with Crippen LogP contribution in [-0.2, 0) is 11.2 Å². The molecule has 0 spiro atoms. The maximum Gasteiger partial charge on any atom is 0.159 e. The van der Waals surface area contributed by atoms with Crippen LogP contribution >= 0.6 is 34.2 Å². The summed E-state index contributed by atoms with van der Waals surface area (Å²) in [5.41, 5.74) is 1.02. The van der Waals surface area contributed by atoms with Crippen molar-refractivity contribution < 1.29 is 4.74 Å². The van der Waals surface area contributed by atoms with Crippen LogP contribution in [0.1, 0.15) is 44.3 Å². The van der Waals surface area contributed by atoms with E-state index in [1.807, 2.05) is 6.92 Å². The van der Waals surface area contributed by atoms with Crippen molar-refractivity contribution in [2.45, 2.75) is 39.2 Å². The molecule has 0 amide bonds. The molecule has 0 aliphatic carbocycles. The maximum atomic E-state index is 6.10. The number of hydrogen-bond donors (Lipinski definition) is 0. The molecule has 16 heavy (non-hydrogen) atoms. The summed E-state index contributed by atoms with van der Waals surface area (Å²) in [4.78, 5) is 8.82. The topological polar surface area (TPSA) is 35.0 Å². The summed E-state index contributed by atoms with van der Waals surface area (Å²) in [7, 11) is 1.67. The molecular formula is C11H16ClIN2O. The van der Waals surface area contributed by atoms with Gasteiger partial charge in [-0.2, -0.15) is 0 Å². The Balaban J connectivity index is 3.12. The predicted molar refractivity (Wildman–Crippen MR) is 73.8 cm³/mol. The molecule has 3 nitrogen and oxygen atoms in total. The molecule has 0 saturated carbocycles. The second-order valence-electron chi connectivity index (χ2n) is 3.52. The van der Waals surface area contributed by atoms with Gasteiger partial charge in [-0.25, -0.2) is 9.97 Å². The van der Waals surface area contributed by atoms with Crippen molar-refractivity contribution in [1.29, 1.82) is 0 Å². The molecule has 0 aliphatic heterocycles. The van der Waals surface area contributed by atoms with Gasteiger partial charge in [-0.3, -0.25) is 0 Å². The van der Waals surface area contributed by atoms with Crippen LogP contribution in [0.5, 0.6) is 0 Å². The number of aromatic nitrogens is 2. The van der Waals surface area contributed by atoms with Gasteiger partial charge < -0.3 is 4.74 Å². The van der Waals surface area contributed by atoms with E-state index >= 15 is 0 Å². The second kappa shape index (κ2) is 6.71. The molecule has 0 saturated heterocycles. The molecule has 1 rings (SSSR count). The summed E-state index contributed by atoms with van der Waals surface area (Å²) in [6.07, 6.45) is 2.75. The quantitative estimate of drug-likeness (QED) is 0.596. The van der Waals surface area contributed by atoms with Crippen molar-refractivity contribution in [2.75, 3.05) is 7.11 Å². The molecule has 1 heterocycles. The summed E-state index contributed by atoms with van der Waals surface area (Å²) in [5, 5.41) is 0.532. The first-order valence-electron chi connectivity index (χ1n) is 5.38. The molecule has 90 valence electrons. The van der Waals surface area contributed by atoms with Crippen LogP contribution in [0.3, 0.4) is 0 Å². The minimum atomic E-state index is -0.0647. The summed E-state index contributed by atoms with van der Waals surface area (Å²) in [5.74, 6) is 0.693. The lowest BCUT2D eigenvalue weighted by Gasteiger charge is -2.14. The Bertz CT molecular complexity index is 356. The van der Waals surface area contributed by atoms with Gasteiger partial charge in [0.1, 0.15) is 11.3 Å². The first kappa shape index (κ1) is 14.1. The average molecular weight is 355 g/mol. The first-order valence-corrected chi connectivity index (χ1v) is 6.84. The van der Waals surface area contributed by atoms with Gasteiger partial charge in [0.15, 0.2) is 5.82 Å². The Morgan fingerprint density at radius 2 is 2.06 bits per heavy atom. The smallest absolute Gasteiger partial charge is 0.159 e. The highest BCUT2D eigenvalue weighted by molar-refractivity contribution is 14.1. The van der Waals surface area contributed by atoms with Crippen molar-refractivity contribution in [2.24, 2.45) is 0 Å². The van der Waals surface area contributed by atoms with E-state index in [0.717, 1.165) is 28.5 Å². The zero-order valence-electron chi connectivity index (χ0n) is 9.76. The number of ether oxygens (including phenoxy) is 1. The van der Waals surface area contributed by atoms with Crippen molar-refractivity contribution in [3.63, 3.8) is 0 Å². The van der Waals surface area contributed by atoms with Gasteiger partial charge in [0.25, 0.3) is 0 Å². The van der Waals surface area contributed by atoms with E-state index in [0.29, 0.717) is 11.0 Å². The highest BCUT2D eigenvalue weighted by Crippen LogP contribution is 2.24. The molecule has 5 heteroatoms. The Kier molecular flexibility index (Phi) is 5.92. The Labute approximate surface area is 115 Å². The molecule has 0 radical (unpaired) electrons. The van der Waals surface area contributed by atoms with Crippen molar-refractivity contribution in [3.8, 4) is 0 Å². The third kappa shape index (κ3) is 3.28. The first-order chi connectivity index (χ1) is 7.63. The highest BCUT2D eigenvalue weighted by atomic mass is 127. The predicted octanol–water partition coefficient (Wildman–Crippen LogP) is 3.78. The van der Waals surface area contributed by atoms with E-state index in [2.05, 4.69) is 39.5 Å². The fourth-order valence-corrected chi connectivity index (χ4v) is 2.19. The lowest BCUT2D eigenvalue weighted by Crippen LogP contribution is -2.09. The van der Waals surface area contributed by atoms with E-state index in [4.69, 9.17) is 16.3 Å². The van der Waals surface area contributed by atoms with Crippen LogP contribution in [0, 0.1) is 3.57 Å². The van der Waals surface area contributed by atoms with Crippen LogP contribution in [0.2, 0.25) is 5.15 Å². The molecule has 1 aromatic heterocycles. The van der Waals surface area contributed by atoms with E-state index < -0.39 is 0 Å². The SMILES string of the molecule is CCCc1nc(C(CC)OC)nc(Cl)c1I. The third-order valence-electron chi connectivity index (χ3n) is 2.33. The van der Waals surface area contributed by atoms with Crippen molar-refractivity contribution >= 4 is 34.2 Å². The number of methoxy groups -OCH3 is 1. The zero-order chi connectivity index (χ0) is 12.1. The van der Waals surface area contributed by atoms with E-state index in [1.165, 1.54) is 0 Å². The third-order valence-corrected chi connectivity index (χ3v) is 4.05. The zero-order valence-corrected chi connectivity index (χ0v) is 12.7. The van der Waals surface area contributed by atoms with Crippen LogP contribution in [0.25, 0.3) is 0 Å². The lowest BCUT2D eigenvalue weighted by molar-refractivity contribution is 0.0923. The van der Waals surface area contributed by atoms with E-state index in [-0.39, 0.29) is 6.10 Å². The van der Waals surface area contributed by atoms with Crippen LogP contribution in [0.15, 0.2) is 0 Å². The van der Waals surface area contributed by atoms with Crippen molar-refractivity contribution in [1.82, 2.24) is 9.97 Å². The molecule has 0 N–H and O–H groups in total. The van der Waals surface area contributed by atoms with Crippen molar-refractivity contribution in [3.05, 3.63) is 20.2 Å². The molecule has 0 aromatic carbocycles. The second-order valence-corrected chi connectivity index (χ2v) is 4.95. The Hall–Kier alpha value is 0.0600. The highest BCUT2D eigenvalue weighted by Gasteiger charge is 2.16. The van der Waals surface area contributed by atoms with Gasteiger partial charge in [-0.1, -0.05) is 31.9 Å². The van der Waals surface area contributed by atoms with Gasteiger partial charge in [-0.05, 0) is 35.4 Å². The maximum absolute atomic E-state index is 6.10. The number of nitrogens with zero attached hydrogens (tertiary/aromatic N) is 2. The fraction of sp³-hybridized carbons (Fsp3) is 0.636. The number of halogens is 2. The fourth-order valence-electron chi connectivity index (χ4n) is 1.48. The average Bonchev–Trinajstić information content (AvgIpc) is 2.27. The van der Waals surface area contributed by atoms with Crippen LogP contribution in [0.4, 0.5) is 0 Å². The van der Waals surface area contributed by atoms with E-state index in [9.17, 15) is 0 Å². The number of hydrogen-bond acceptors (Lipinski definition) is 3. The van der Waals surface area contributed by atoms with E-state index in [1.54, 1.807) is 7.11 Å². The van der Waals surface area contributed by atoms with Gasteiger partial charge in [0.2, 0.25) is 0 Å². The summed E-state index contributed by atoms with van der Waals surface area (Å²) < 4.78 is 6.28. The van der Waals surface area contributed by atoms with Crippen LogP contribution in [-0.4, -0.2) is 17.1 Å². The van der Waals surface area contributed by atoms with Gasteiger partial charge in [0, 0.05) is 7.11 Å². The standard InChI is InChI=1S/C11H16ClIN2O/c1-4-6-7-9(13)10(12)15-11(14-7)8(5-2)16-3/h8H,4-6H2,1-3H3. The molecular weight excluding hydrogens is 338 g/mol. The molecule has 0 aliphatic rings. The Morgan fingerprint density at radius 3 is 2.56 bits per heavy atom. The normalized spacial score (nSPS) is 12.8.